The second kappa shape index (κ2) is 9.70. The number of ether oxygens (including phenoxy) is 2. The molecule has 0 aromatic heterocycles. The van der Waals surface area contributed by atoms with E-state index in [1.807, 2.05) is 24.3 Å². The van der Waals surface area contributed by atoms with E-state index in [0.717, 1.165) is 23.5 Å². The van der Waals surface area contributed by atoms with Gasteiger partial charge in [0.15, 0.2) is 6.61 Å². The number of hydrogen-bond acceptors (Lipinski definition) is 5. The fourth-order valence-electron chi connectivity index (χ4n) is 3.04. The molecule has 0 aliphatic heterocycles. The molecule has 0 saturated heterocycles. The summed E-state index contributed by atoms with van der Waals surface area (Å²) in [5.41, 5.74) is 0. The Balaban J connectivity index is 1.67. The Bertz CT molecular complexity index is 575. The highest BCUT2D eigenvalue weighted by molar-refractivity contribution is 8.00. The van der Waals surface area contributed by atoms with Crippen LogP contribution in [0.25, 0.3) is 0 Å². The molecule has 1 N–H and O–H groups in total. The van der Waals surface area contributed by atoms with Gasteiger partial charge in [0.25, 0.3) is 5.91 Å². The molecule has 5 nitrogen and oxygen atoms in total. The SMILES string of the molecule is COc1ccc(SCC(=O)OCC(=O)N[C@H]2CCC[C@H](C)[C@H]2C)cc1. The first kappa shape index (κ1) is 19.6. The molecule has 1 aromatic carbocycles. The van der Waals surface area contributed by atoms with Crippen molar-refractivity contribution in [2.75, 3.05) is 19.5 Å². The smallest absolute Gasteiger partial charge is 0.316 e. The summed E-state index contributed by atoms with van der Waals surface area (Å²) < 4.78 is 10.2. The first-order valence-electron chi connectivity index (χ1n) is 8.71. The van der Waals surface area contributed by atoms with Crippen molar-refractivity contribution < 1.29 is 19.1 Å². The predicted molar refractivity (Wildman–Crippen MR) is 98.8 cm³/mol. The number of thioether (sulfide) groups is 1. The third kappa shape index (κ3) is 6.27. The van der Waals surface area contributed by atoms with Crippen LogP contribution in [0.3, 0.4) is 0 Å². The van der Waals surface area contributed by atoms with Crippen molar-refractivity contribution in [1.29, 1.82) is 0 Å². The molecule has 1 aliphatic carbocycles. The molecule has 25 heavy (non-hydrogen) atoms. The van der Waals surface area contributed by atoms with E-state index in [-0.39, 0.29) is 30.3 Å². The third-order valence-corrected chi connectivity index (χ3v) is 5.82. The largest absolute Gasteiger partial charge is 0.497 e. The molecule has 1 aliphatic rings. The van der Waals surface area contributed by atoms with Crippen molar-refractivity contribution >= 4 is 23.6 Å². The molecule has 2 rings (SSSR count). The minimum absolute atomic E-state index is 0.177. The van der Waals surface area contributed by atoms with Crippen LogP contribution in [0.15, 0.2) is 29.2 Å². The number of esters is 1. The second-order valence-electron chi connectivity index (χ2n) is 6.57. The molecular formula is C19H27NO4S. The summed E-state index contributed by atoms with van der Waals surface area (Å²) in [7, 11) is 1.61. The molecule has 0 unspecified atom stereocenters. The highest BCUT2D eigenvalue weighted by Crippen LogP contribution is 2.29. The van der Waals surface area contributed by atoms with Crippen molar-refractivity contribution in [3.63, 3.8) is 0 Å². The molecule has 1 aromatic rings. The van der Waals surface area contributed by atoms with Crippen molar-refractivity contribution in [2.45, 2.75) is 44.0 Å². The Morgan fingerprint density at radius 1 is 1.20 bits per heavy atom. The van der Waals surface area contributed by atoms with Crippen molar-refractivity contribution in [2.24, 2.45) is 11.8 Å². The van der Waals surface area contributed by atoms with Gasteiger partial charge in [-0.25, -0.2) is 0 Å². The number of rotatable bonds is 7. The molecule has 138 valence electrons. The van der Waals surface area contributed by atoms with Gasteiger partial charge in [0.05, 0.1) is 12.9 Å². The number of nitrogens with one attached hydrogen (secondary N) is 1. The minimum atomic E-state index is -0.388. The van der Waals surface area contributed by atoms with Crippen LogP contribution < -0.4 is 10.1 Å². The molecule has 1 saturated carbocycles. The summed E-state index contributed by atoms with van der Waals surface area (Å²) in [6.45, 7) is 4.19. The summed E-state index contributed by atoms with van der Waals surface area (Å²) in [4.78, 5) is 24.8. The highest BCUT2D eigenvalue weighted by Gasteiger charge is 2.28. The average Bonchev–Trinajstić information content (AvgIpc) is 2.62. The molecule has 1 amide bonds. The van der Waals surface area contributed by atoms with Gasteiger partial charge in [-0.15, -0.1) is 11.8 Å². The van der Waals surface area contributed by atoms with Crippen LogP contribution in [0.5, 0.6) is 5.75 Å². The fourth-order valence-corrected chi connectivity index (χ4v) is 3.73. The quantitative estimate of drug-likeness (QED) is 0.593. The number of carbonyl (C=O) groups excluding carboxylic acids is 2. The standard InChI is InChI=1S/C19H27NO4S/c1-13-5-4-6-17(14(13)2)20-18(21)11-24-19(22)12-25-16-9-7-15(23-3)8-10-16/h7-10,13-14,17H,4-6,11-12H2,1-3H3,(H,20,21)/t13-,14+,17-/m0/s1. The lowest BCUT2D eigenvalue weighted by molar-refractivity contribution is -0.146. The minimum Gasteiger partial charge on any atom is -0.497 e. The third-order valence-electron chi connectivity index (χ3n) is 4.83. The molecule has 0 bridgehead atoms. The Labute approximate surface area is 153 Å². The van der Waals surface area contributed by atoms with Crippen molar-refractivity contribution in [1.82, 2.24) is 5.32 Å². The Morgan fingerprint density at radius 3 is 2.60 bits per heavy atom. The van der Waals surface area contributed by atoms with Gasteiger partial charge in [-0.1, -0.05) is 26.7 Å². The molecular weight excluding hydrogens is 338 g/mol. The lowest BCUT2D eigenvalue weighted by Gasteiger charge is -2.34. The van der Waals surface area contributed by atoms with E-state index in [9.17, 15) is 9.59 Å². The summed E-state index contributed by atoms with van der Waals surface area (Å²) >= 11 is 1.37. The zero-order valence-corrected chi connectivity index (χ0v) is 15.9. The predicted octanol–water partition coefficient (Wildman–Crippen LogP) is 3.27. The average molecular weight is 365 g/mol. The van der Waals surface area contributed by atoms with Crippen molar-refractivity contribution in [3.05, 3.63) is 24.3 Å². The first-order chi connectivity index (χ1) is 12.0. The van der Waals surface area contributed by atoms with Gasteiger partial charge in [0.1, 0.15) is 5.75 Å². The van der Waals surface area contributed by atoms with Crippen LogP contribution >= 0.6 is 11.8 Å². The molecule has 0 heterocycles. The summed E-state index contributed by atoms with van der Waals surface area (Å²) in [5.74, 6) is 1.42. The Morgan fingerprint density at radius 2 is 1.92 bits per heavy atom. The number of hydrogen-bond donors (Lipinski definition) is 1. The molecule has 1 fully saturated rings. The van der Waals surface area contributed by atoms with E-state index < -0.39 is 0 Å². The number of methoxy groups -OCH3 is 1. The van der Waals surface area contributed by atoms with Gasteiger partial charge in [-0.3, -0.25) is 9.59 Å². The van der Waals surface area contributed by atoms with E-state index in [1.54, 1.807) is 7.11 Å². The topological polar surface area (TPSA) is 64.6 Å². The summed E-state index contributed by atoms with van der Waals surface area (Å²) in [5, 5.41) is 3.00. The number of amides is 1. The van der Waals surface area contributed by atoms with Gasteiger partial charge < -0.3 is 14.8 Å². The van der Waals surface area contributed by atoms with E-state index in [1.165, 1.54) is 18.2 Å². The first-order valence-corrected chi connectivity index (χ1v) is 9.70. The molecule has 0 radical (unpaired) electrons. The van der Waals surface area contributed by atoms with Crippen LogP contribution in [0.2, 0.25) is 0 Å². The zero-order valence-electron chi connectivity index (χ0n) is 15.1. The number of benzene rings is 1. The van der Waals surface area contributed by atoms with Gasteiger partial charge >= 0.3 is 5.97 Å². The lowest BCUT2D eigenvalue weighted by atomic mass is 9.78. The van der Waals surface area contributed by atoms with Crippen LogP contribution in [0.4, 0.5) is 0 Å². The van der Waals surface area contributed by atoms with Crippen LogP contribution in [-0.2, 0) is 14.3 Å². The van der Waals surface area contributed by atoms with Crippen molar-refractivity contribution in [3.8, 4) is 5.75 Å². The van der Waals surface area contributed by atoms with E-state index in [0.29, 0.717) is 11.8 Å². The zero-order chi connectivity index (χ0) is 18.2. The summed E-state index contributed by atoms with van der Waals surface area (Å²) in [6.07, 6.45) is 3.35. The maximum absolute atomic E-state index is 12.0. The fraction of sp³-hybridized carbons (Fsp3) is 0.579. The molecule has 3 atom stereocenters. The second-order valence-corrected chi connectivity index (χ2v) is 7.61. The normalized spacial score (nSPS) is 22.9. The highest BCUT2D eigenvalue weighted by atomic mass is 32.2. The van der Waals surface area contributed by atoms with Gasteiger partial charge in [-0.2, -0.15) is 0 Å². The van der Waals surface area contributed by atoms with Crippen LogP contribution in [-0.4, -0.2) is 37.4 Å². The van der Waals surface area contributed by atoms with Gasteiger partial charge in [0.2, 0.25) is 0 Å². The van der Waals surface area contributed by atoms with E-state index >= 15 is 0 Å². The molecule has 6 heteroatoms. The van der Waals surface area contributed by atoms with Crippen LogP contribution in [0.1, 0.15) is 33.1 Å². The monoisotopic (exact) mass is 365 g/mol. The maximum atomic E-state index is 12.0. The Hall–Kier alpha value is -1.69. The summed E-state index contributed by atoms with van der Waals surface area (Å²) in [6, 6.07) is 7.63. The van der Waals surface area contributed by atoms with Gasteiger partial charge in [0, 0.05) is 10.9 Å². The lowest BCUT2D eigenvalue weighted by Crippen LogP contribution is -2.45. The van der Waals surface area contributed by atoms with E-state index in [2.05, 4.69) is 19.2 Å². The Kier molecular flexibility index (Phi) is 7.62. The maximum Gasteiger partial charge on any atom is 0.316 e. The number of carbonyl (C=O) groups is 2. The molecule has 0 spiro atoms. The van der Waals surface area contributed by atoms with E-state index in [4.69, 9.17) is 9.47 Å². The van der Waals surface area contributed by atoms with Crippen LogP contribution in [0, 0.1) is 11.8 Å². The van der Waals surface area contributed by atoms with Gasteiger partial charge in [-0.05, 0) is 42.5 Å².